The molecule has 7 heteroatoms. The number of nitrogens with one attached hydrogen (secondary N) is 1. The summed E-state index contributed by atoms with van der Waals surface area (Å²) in [6.07, 6.45) is 1.47. The molecule has 24 heavy (non-hydrogen) atoms. The summed E-state index contributed by atoms with van der Waals surface area (Å²) in [5.74, 6) is -2.10. The van der Waals surface area contributed by atoms with E-state index in [-0.39, 0.29) is 17.7 Å². The summed E-state index contributed by atoms with van der Waals surface area (Å²) in [5, 5.41) is 3.16. The summed E-state index contributed by atoms with van der Waals surface area (Å²) >= 11 is 5.89. The number of aromatic nitrogens is 1. The van der Waals surface area contributed by atoms with Crippen LogP contribution in [0.25, 0.3) is 10.9 Å². The number of anilines is 1. The minimum atomic E-state index is -0.861. The molecular weight excluding hydrogens is 338 g/mol. The number of rotatable bonds is 3. The van der Waals surface area contributed by atoms with Gasteiger partial charge in [0.05, 0.1) is 11.2 Å². The van der Waals surface area contributed by atoms with E-state index in [9.17, 15) is 18.4 Å². The zero-order valence-corrected chi connectivity index (χ0v) is 13.0. The Bertz CT molecular complexity index is 1000. The quantitative estimate of drug-likeness (QED) is 0.786. The van der Waals surface area contributed by atoms with Gasteiger partial charge >= 0.3 is 0 Å². The maximum absolute atomic E-state index is 13.6. The van der Waals surface area contributed by atoms with Gasteiger partial charge in [-0.25, -0.2) is 8.78 Å². The molecule has 4 nitrogen and oxygen atoms in total. The van der Waals surface area contributed by atoms with E-state index in [1.807, 2.05) is 0 Å². The first kappa shape index (κ1) is 16.1. The van der Waals surface area contributed by atoms with Gasteiger partial charge in [0, 0.05) is 28.7 Å². The van der Waals surface area contributed by atoms with Crippen molar-refractivity contribution in [3.63, 3.8) is 0 Å². The molecule has 0 bridgehead atoms. The van der Waals surface area contributed by atoms with Gasteiger partial charge in [-0.05, 0) is 30.3 Å². The second kappa shape index (κ2) is 6.41. The van der Waals surface area contributed by atoms with E-state index in [1.54, 1.807) is 16.7 Å². The number of benzene rings is 2. The van der Waals surface area contributed by atoms with Crippen molar-refractivity contribution in [3.8, 4) is 0 Å². The van der Waals surface area contributed by atoms with Crippen LogP contribution in [0.15, 0.2) is 53.5 Å². The number of nitrogens with zero attached hydrogens (tertiary/aromatic N) is 1. The normalized spacial score (nSPS) is 10.8. The maximum atomic E-state index is 13.6. The van der Waals surface area contributed by atoms with Crippen LogP contribution in [0.3, 0.4) is 0 Å². The highest BCUT2D eigenvalue weighted by Gasteiger charge is 2.10. The predicted molar refractivity (Wildman–Crippen MR) is 88.2 cm³/mol. The van der Waals surface area contributed by atoms with Gasteiger partial charge in [0.2, 0.25) is 5.91 Å². The topological polar surface area (TPSA) is 51.1 Å². The zero-order valence-electron chi connectivity index (χ0n) is 12.2. The average molecular weight is 349 g/mol. The lowest BCUT2D eigenvalue weighted by atomic mass is 10.2. The molecule has 0 fully saturated rings. The van der Waals surface area contributed by atoms with Crippen molar-refractivity contribution in [3.05, 3.63) is 75.5 Å². The van der Waals surface area contributed by atoms with E-state index in [1.165, 1.54) is 18.3 Å². The van der Waals surface area contributed by atoms with Gasteiger partial charge in [0.25, 0.3) is 0 Å². The lowest BCUT2D eigenvalue weighted by Crippen LogP contribution is -2.21. The van der Waals surface area contributed by atoms with Crippen LogP contribution in [0.1, 0.15) is 0 Å². The van der Waals surface area contributed by atoms with Crippen LogP contribution in [0, 0.1) is 11.6 Å². The van der Waals surface area contributed by atoms with Gasteiger partial charge in [-0.3, -0.25) is 9.59 Å². The van der Waals surface area contributed by atoms with Crippen molar-refractivity contribution in [1.82, 2.24) is 4.57 Å². The van der Waals surface area contributed by atoms with E-state index in [4.69, 9.17) is 11.6 Å². The number of fused-ring (bicyclic) bond motifs is 1. The SMILES string of the molecule is O=C(Cn1ccc(=O)c2cc(Cl)ccc21)Nc1ccc(F)cc1F. The Morgan fingerprint density at radius 3 is 2.67 bits per heavy atom. The van der Waals surface area contributed by atoms with Crippen molar-refractivity contribution >= 4 is 34.1 Å². The molecule has 1 amide bonds. The third-order valence-electron chi connectivity index (χ3n) is 3.46. The third-order valence-corrected chi connectivity index (χ3v) is 3.69. The van der Waals surface area contributed by atoms with Crippen LogP contribution < -0.4 is 10.7 Å². The van der Waals surface area contributed by atoms with Gasteiger partial charge in [-0.15, -0.1) is 0 Å². The van der Waals surface area contributed by atoms with E-state index < -0.39 is 17.5 Å². The molecule has 3 aromatic rings. The van der Waals surface area contributed by atoms with Crippen LogP contribution in [-0.2, 0) is 11.3 Å². The second-order valence-electron chi connectivity index (χ2n) is 5.14. The molecule has 0 saturated carbocycles. The fourth-order valence-corrected chi connectivity index (χ4v) is 2.53. The Hall–Kier alpha value is -2.73. The van der Waals surface area contributed by atoms with E-state index >= 15 is 0 Å². The lowest BCUT2D eigenvalue weighted by molar-refractivity contribution is -0.116. The van der Waals surface area contributed by atoms with Crippen LogP contribution in [0.2, 0.25) is 5.02 Å². The number of hydrogen-bond donors (Lipinski definition) is 1. The first-order chi connectivity index (χ1) is 11.4. The van der Waals surface area contributed by atoms with E-state index in [0.717, 1.165) is 12.1 Å². The molecule has 1 aromatic heterocycles. The Balaban J connectivity index is 1.88. The van der Waals surface area contributed by atoms with Crippen molar-refractivity contribution in [2.45, 2.75) is 6.54 Å². The van der Waals surface area contributed by atoms with Gasteiger partial charge in [0.1, 0.15) is 18.2 Å². The smallest absolute Gasteiger partial charge is 0.244 e. The second-order valence-corrected chi connectivity index (χ2v) is 5.58. The standard InChI is InChI=1S/C17H11ClF2N2O2/c18-10-1-4-15-12(7-10)16(23)5-6-22(15)9-17(24)21-14-3-2-11(19)8-13(14)20/h1-8H,9H2,(H,21,24). The zero-order chi connectivity index (χ0) is 17.3. The molecule has 0 radical (unpaired) electrons. The highest BCUT2D eigenvalue weighted by Crippen LogP contribution is 2.18. The largest absolute Gasteiger partial charge is 0.338 e. The minimum Gasteiger partial charge on any atom is -0.338 e. The summed E-state index contributed by atoms with van der Waals surface area (Å²) in [6.45, 7) is -0.144. The molecule has 1 N–H and O–H groups in total. The Labute approximate surface area is 140 Å². The summed E-state index contributed by atoms with van der Waals surface area (Å²) in [6, 6.07) is 8.97. The Morgan fingerprint density at radius 1 is 1.12 bits per heavy atom. The first-order valence-electron chi connectivity index (χ1n) is 6.97. The molecule has 122 valence electrons. The lowest BCUT2D eigenvalue weighted by Gasteiger charge is -2.11. The first-order valence-corrected chi connectivity index (χ1v) is 7.35. The number of halogens is 3. The van der Waals surface area contributed by atoms with Crippen LogP contribution in [-0.4, -0.2) is 10.5 Å². The average Bonchev–Trinajstić information content (AvgIpc) is 2.53. The summed E-state index contributed by atoms with van der Waals surface area (Å²) in [4.78, 5) is 24.0. The molecule has 0 saturated heterocycles. The predicted octanol–water partition coefficient (Wildman–Crippen LogP) is 3.57. The Morgan fingerprint density at radius 2 is 1.92 bits per heavy atom. The van der Waals surface area contributed by atoms with Crippen molar-refractivity contribution < 1.29 is 13.6 Å². The molecule has 1 heterocycles. The van der Waals surface area contributed by atoms with E-state index in [0.29, 0.717) is 22.0 Å². The number of carbonyl (C=O) groups excluding carboxylic acids is 1. The molecule has 3 rings (SSSR count). The molecular formula is C17H11ClF2N2O2. The summed E-state index contributed by atoms with van der Waals surface area (Å²) in [7, 11) is 0. The Kier molecular flexibility index (Phi) is 4.31. The van der Waals surface area contributed by atoms with Crippen molar-refractivity contribution in [1.29, 1.82) is 0 Å². The molecule has 0 atom stereocenters. The van der Waals surface area contributed by atoms with Crippen molar-refractivity contribution in [2.24, 2.45) is 0 Å². The number of pyridine rings is 1. The summed E-state index contributed by atoms with van der Waals surface area (Å²) in [5.41, 5.74) is 0.199. The molecule has 2 aromatic carbocycles. The van der Waals surface area contributed by atoms with Gasteiger partial charge in [-0.2, -0.15) is 0 Å². The van der Waals surface area contributed by atoms with E-state index in [2.05, 4.69) is 5.32 Å². The molecule has 0 aliphatic heterocycles. The van der Waals surface area contributed by atoms with Crippen LogP contribution in [0.4, 0.5) is 14.5 Å². The van der Waals surface area contributed by atoms with Gasteiger partial charge < -0.3 is 9.88 Å². The molecule has 0 aliphatic rings. The van der Waals surface area contributed by atoms with Crippen molar-refractivity contribution in [2.75, 3.05) is 5.32 Å². The molecule has 0 unspecified atom stereocenters. The van der Waals surface area contributed by atoms with Crippen LogP contribution >= 0.6 is 11.6 Å². The highest BCUT2D eigenvalue weighted by molar-refractivity contribution is 6.31. The highest BCUT2D eigenvalue weighted by atomic mass is 35.5. The fourth-order valence-electron chi connectivity index (χ4n) is 2.36. The maximum Gasteiger partial charge on any atom is 0.244 e. The summed E-state index contributed by atoms with van der Waals surface area (Å²) < 4.78 is 28.0. The molecule has 0 spiro atoms. The van der Waals surface area contributed by atoms with Crippen LogP contribution in [0.5, 0.6) is 0 Å². The molecule has 0 aliphatic carbocycles. The monoisotopic (exact) mass is 348 g/mol. The van der Waals surface area contributed by atoms with Gasteiger partial charge in [-0.1, -0.05) is 11.6 Å². The fraction of sp³-hybridized carbons (Fsp3) is 0.0588. The number of carbonyl (C=O) groups is 1. The third kappa shape index (κ3) is 3.28. The number of amides is 1. The van der Waals surface area contributed by atoms with Gasteiger partial charge in [0.15, 0.2) is 5.43 Å². The number of hydrogen-bond acceptors (Lipinski definition) is 2. The minimum absolute atomic E-state index is 0.116.